The molecule has 0 bridgehead atoms. The van der Waals surface area contributed by atoms with Gasteiger partial charge in [0, 0.05) is 11.8 Å². The largest absolute Gasteiger partial charge is 0.383 e. The van der Waals surface area contributed by atoms with E-state index < -0.39 is 0 Å². The van der Waals surface area contributed by atoms with E-state index >= 15 is 0 Å². The van der Waals surface area contributed by atoms with Gasteiger partial charge in [-0.1, -0.05) is 42.8 Å². The summed E-state index contributed by atoms with van der Waals surface area (Å²) in [4.78, 5) is 4.04. The van der Waals surface area contributed by atoms with Crippen LogP contribution in [0, 0.1) is 0 Å². The van der Waals surface area contributed by atoms with Gasteiger partial charge in [-0.2, -0.15) is 0 Å². The van der Waals surface area contributed by atoms with E-state index in [4.69, 9.17) is 17.3 Å². The Hall–Kier alpha value is -1.54. The summed E-state index contributed by atoms with van der Waals surface area (Å²) in [6.45, 7) is 2.13. The molecule has 0 aliphatic carbocycles. The van der Waals surface area contributed by atoms with Crippen LogP contribution in [0.15, 0.2) is 36.5 Å². The second-order valence-corrected chi connectivity index (χ2v) is 4.07. The fourth-order valence-corrected chi connectivity index (χ4v) is 1.76. The van der Waals surface area contributed by atoms with Crippen molar-refractivity contribution in [1.29, 1.82) is 0 Å². The van der Waals surface area contributed by atoms with Crippen LogP contribution in [0.5, 0.6) is 0 Å². The SMILES string of the molecule is CCc1ccc(-c2cc(Cl)cnc2N)cc1. The molecule has 0 aliphatic rings. The molecule has 3 heteroatoms. The highest BCUT2D eigenvalue weighted by Gasteiger charge is 2.04. The molecule has 2 rings (SSSR count). The fraction of sp³-hybridized carbons (Fsp3) is 0.154. The normalized spacial score (nSPS) is 10.4. The number of aromatic nitrogens is 1. The molecule has 0 saturated carbocycles. The van der Waals surface area contributed by atoms with Crippen molar-refractivity contribution in [1.82, 2.24) is 4.98 Å². The zero-order valence-corrected chi connectivity index (χ0v) is 9.83. The van der Waals surface area contributed by atoms with Crippen LogP contribution in [0.3, 0.4) is 0 Å². The molecule has 2 N–H and O–H groups in total. The van der Waals surface area contributed by atoms with Gasteiger partial charge in [-0.15, -0.1) is 0 Å². The van der Waals surface area contributed by atoms with Gasteiger partial charge < -0.3 is 5.73 Å². The quantitative estimate of drug-likeness (QED) is 0.860. The number of benzene rings is 1. The molecule has 0 spiro atoms. The maximum Gasteiger partial charge on any atom is 0.131 e. The Morgan fingerprint density at radius 3 is 2.56 bits per heavy atom. The molecule has 1 aromatic carbocycles. The van der Waals surface area contributed by atoms with E-state index in [2.05, 4.69) is 24.0 Å². The van der Waals surface area contributed by atoms with Gasteiger partial charge in [-0.3, -0.25) is 0 Å². The number of anilines is 1. The van der Waals surface area contributed by atoms with Gasteiger partial charge >= 0.3 is 0 Å². The molecule has 16 heavy (non-hydrogen) atoms. The summed E-state index contributed by atoms with van der Waals surface area (Å²) in [7, 11) is 0. The van der Waals surface area contributed by atoms with Crippen LogP contribution in [0.1, 0.15) is 12.5 Å². The second-order valence-electron chi connectivity index (χ2n) is 3.64. The molecule has 0 aliphatic heterocycles. The molecule has 2 aromatic rings. The first kappa shape index (κ1) is 11.0. The summed E-state index contributed by atoms with van der Waals surface area (Å²) < 4.78 is 0. The van der Waals surface area contributed by atoms with Crippen molar-refractivity contribution in [3.05, 3.63) is 47.1 Å². The van der Waals surface area contributed by atoms with Crippen molar-refractivity contribution in [2.24, 2.45) is 0 Å². The molecular weight excluding hydrogens is 220 g/mol. The standard InChI is InChI=1S/C13H13ClN2/c1-2-9-3-5-10(6-4-9)12-7-11(14)8-16-13(12)15/h3-8H,2H2,1H3,(H2,15,16). The van der Waals surface area contributed by atoms with Gasteiger partial charge in [0.1, 0.15) is 5.82 Å². The molecular formula is C13H13ClN2. The van der Waals surface area contributed by atoms with Gasteiger partial charge in [-0.25, -0.2) is 4.98 Å². The Morgan fingerprint density at radius 1 is 1.25 bits per heavy atom. The van der Waals surface area contributed by atoms with Crippen LogP contribution in [0.2, 0.25) is 5.02 Å². The lowest BCUT2D eigenvalue weighted by Gasteiger charge is -2.06. The summed E-state index contributed by atoms with van der Waals surface area (Å²) in [5.41, 5.74) is 9.06. The van der Waals surface area contributed by atoms with Crippen LogP contribution in [0.25, 0.3) is 11.1 Å². The number of hydrogen-bond acceptors (Lipinski definition) is 2. The summed E-state index contributed by atoms with van der Waals surface area (Å²) in [6.07, 6.45) is 2.59. The Labute approximate surface area is 100 Å². The molecule has 1 heterocycles. The maximum absolute atomic E-state index is 5.91. The number of nitrogen functional groups attached to an aromatic ring is 1. The van der Waals surface area contributed by atoms with Gasteiger partial charge in [0.25, 0.3) is 0 Å². The molecule has 1 aromatic heterocycles. The number of nitrogens with two attached hydrogens (primary N) is 1. The van der Waals surface area contributed by atoms with Crippen LogP contribution < -0.4 is 5.73 Å². The first-order valence-electron chi connectivity index (χ1n) is 5.21. The average Bonchev–Trinajstić information content (AvgIpc) is 2.32. The first-order valence-corrected chi connectivity index (χ1v) is 5.59. The third-order valence-corrected chi connectivity index (χ3v) is 2.77. The van der Waals surface area contributed by atoms with Crippen molar-refractivity contribution in [3.63, 3.8) is 0 Å². The lowest BCUT2D eigenvalue weighted by molar-refractivity contribution is 1.14. The predicted molar refractivity (Wildman–Crippen MR) is 68.5 cm³/mol. The van der Waals surface area contributed by atoms with Crippen molar-refractivity contribution < 1.29 is 0 Å². The molecule has 0 saturated heterocycles. The zero-order valence-electron chi connectivity index (χ0n) is 9.07. The smallest absolute Gasteiger partial charge is 0.131 e. The molecule has 0 unspecified atom stereocenters. The lowest BCUT2D eigenvalue weighted by atomic mass is 10.0. The number of aryl methyl sites for hydroxylation is 1. The molecule has 0 fully saturated rings. The minimum atomic E-state index is 0.508. The van der Waals surface area contributed by atoms with Crippen molar-refractivity contribution >= 4 is 17.4 Å². The summed E-state index contributed by atoms with van der Waals surface area (Å²) in [5.74, 6) is 0.508. The zero-order chi connectivity index (χ0) is 11.5. The van der Waals surface area contributed by atoms with E-state index in [0.717, 1.165) is 17.5 Å². The average molecular weight is 233 g/mol. The number of pyridine rings is 1. The number of halogens is 1. The van der Waals surface area contributed by atoms with E-state index in [0.29, 0.717) is 10.8 Å². The molecule has 0 amide bonds. The molecule has 2 nitrogen and oxygen atoms in total. The van der Waals surface area contributed by atoms with Crippen LogP contribution in [0.4, 0.5) is 5.82 Å². The van der Waals surface area contributed by atoms with Crippen LogP contribution >= 0.6 is 11.6 Å². The summed E-state index contributed by atoms with van der Waals surface area (Å²) >= 11 is 5.91. The minimum absolute atomic E-state index is 0.508. The van der Waals surface area contributed by atoms with Gasteiger partial charge in [0.2, 0.25) is 0 Å². The van der Waals surface area contributed by atoms with E-state index in [9.17, 15) is 0 Å². The van der Waals surface area contributed by atoms with Crippen molar-refractivity contribution in [2.45, 2.75) is 13.3 Å². The van der Waals surface area contributed by atoms with Crippen molar-refractivity contribution in [3.8, 4) is 11.1 Å². The Morgan fingerprint density at radius 2 is 1.94 bits per heavy atom. The maximum atomic E-state index is 5.91. The summed E-state index contributed by atoms with van der Waals surface area (Å²) in [5, 5.41) is 0.601. The third-order valence-electron chi connectivity index (χ3n) is 2.56. The second kappa shape index (κ2) is 4.54. The van der Waals surface area contributed by atoms with E-state index in [1.807, 2.05) is 18.2 Å². The van der Waals surface area contributed by atoms with Gasteiger partial charge in [0.15, 0.2) is 0 Å². The minimum Gasteiger partial charge on any atom is -0.383 e. The first-order chi connectivity index (χ1) is 7.70. The van der Waals surface area contributed by atoms with E-state index in [-0.39, 0.29) is 0 Å². The van der Waals surface area contributed by atoms with Gasteiger partial charge in [-0.05, 0) is 23.6 Å². The van der Waals surface area contributed by atoms with E-state index in [1.54, 1.807) is 6.20 Å². The highest BCUT2D eigenvalue weighted by molar-refractivity contribution is 6.30. The number of nitrogens with zero attached hydrogens (tertiary/aromatic N) is 1. The summed E-state index contributed by atoms with van der Waals surface area (Å²) in [6, 6.07) is 10.1. The highest BCUT2D eigenvalue weighted by atomic mass is 35.5. The molecule has 82 valence electrons. The predicted octanol–water partition coefficient (Wildman–Crippen LogP) is 3.55. The van der Waals surface area contributed by atoms with Gasteiger partial charge in [0.05, 0.1) is 5.02 Å². The highest BCUT2D eigenvalue weighted by Crippen LogP contribution is 2.27. The Bertz CT molecular complexity index is 492. The molecule has 0 atom stereocenters. The van der Waals surface area contributed by atoms with Crippen LogP contribution in [-0.4, -0.2) is 4.98 Å². The van der Waals surface area contributed by atoms with Crippen LogP contribution in [-0.2, 0) is 6.42 Å². The van der Waals surface area contributed by atoms with E-state index in [1.165, 1.54) is 5.56 Å². The van der Waals surface area contributed by atoms with Crippen molar-refractivity contribution in [2.75, 3.05) is 5.73 Å². The number of rotatable bonds is 2. The third kappa shape index (κ3) is 2.17. The Kier molecular flexibility index (Phi) is 3.11. The lowest BCUT2D eigenvalue weighted by Crippen LogP contribution is -1.93. The monoisotopic (exact) mass is 232 g/mol. The Balaban J connectivity index is 2.45. The number of hydrogen-bond donors (Lipinski definition) is 1. The molecule has 0 radical (unpaired) electrons. The topological polar surface area (TPSA) is 38.9 Å². The fourth-order valence-electron chi connectivity index (χ4n) is 1.60.